The Morgan fingerprint density at radius 2 is 2.05 bits per heavy atom. The van der Waals surface area contributed by atoms with Crippen molar-refractivity contribution in [2.45, 2.75) is 11.6 Å². The molecule has 5 heteroatoms. The van der Waals surface area contributed by atoms with Crippen molar-refractivity contribution in [1.82, 2.24) is 14.5 Å². The Morgan fingerprint density at radius 1 is 1.32 bits per heavy atom. The van der Waals surface area contributed by atoms with E-state index in [2.05, 4.69) is 24.0 Å². The molecule has 0 aliphatic carbocycles. The molecule has 1 heterocycles. The summed E-state index contributed by atoms with van der Waals surface area (Å²) in [6, 6.07) is 7.50. The van der Waals surface area contributed by atoms with Gasteiger partial charge in [0.15, 0.2) is 5.16 Å². The Bertz CT molecular complexity index is 622. The molecule has 0 spiro atoms. The molecule has 0 saturated carbocycles. The number of hydrogen-bond acceptors (Lipinski definition) is 4. The van der Waals surface area contributed by atoms with Gasteiger partial charge in [0, 0.05) is 12.8 Å². The second-order valence-electron chi connectivity index (χ2n) is 4.78. The van der Waals surface area contributed by atoms with Crippen LogP contribution in [0.25, 0.3) is 10.9 Å². The van der Waals surface area contributed by atoms with Gasteiger partial charge in [0.2, 0.25) is 0 Å². The van der Waals surface area contributed by atoms with Crippen LogP contribution in [0.2, 0.25) is 0 Å². The summed E-state index contributed by atoms with van der Waals surface area (Å²) in [5.74, 6) is 0.969. The second-order valence-corrected chi connectivity index (χ2v) is 5.84. The molecule has 0 N–H and O–H groups in total. The van der Waals surface area contributed by atoms with Gasteiger partial charge < -0.3 is 4.90 Å². The maximum atomic E-state index is 12.2. The van der Waals surface area contributed by atoms with E-state index in [0.717, 1.165) is 29.4 Å². The molecule has 102 valence electrons. The summed E-state index contributed by atoms with van der Waals surface area (Å²) in [4.78, 5) is 18.9. The van der Waals surface area contributed by atoms with Gasteiger partial charge in [-0.25, -0.2) is 4.98 Å². The zero-order valence-corrected chi connectivity index (χ0v) is 12.4. The van der Waals surface area contributed by atoms with Crippen molar-refractivity contribution in [1.29, 1.82) is 0 Å². The lowest BCUT2D eigenvalue weighted by Crippen LogP contribution is -2.20. The van der Waals surface area contributed by atoms with Crippen molar-refractivity contribution in [2.24, 2.45) is 7.05 Å². The minimum absolute atomic E-state index is 0.0284. The number of benzene rings is 1. The van der Waals surface area contributed by atoms with Crippen molar-refractivity contribution in [3.63, 3.8) is 0 Å². The zero-order chi connectivity index (χ0) is 13.8. The molecule has 0 bridgehead atoms. The van der Waals surface area contributed by atoms with Gasteiger partial charge >= 0.3 is 0 Å². The highest BCUT2D eigenvalue weighted by Crippen LogP contribution is 2.17. The maximum absolute atomic E-state index is 12.2. The molecule has 0 fully saturated rings. The van der Waals surface area contributed by atoms with E-state index in [0.29, 0.717) is 5.39 Å². The van der Waals surface area contributed by atoms with Crippen LogP contribution in [0.3, 0.4) is 0 Å². The van der Waals surface area contributed by atoms with Crippen LogP contribution in [0.5, 0.6) is 0 Å². The Hall–Kier alpha value is -1.33. The molecule has 1 aromatic carbocycles. The smallest absolute Gasteiger partial charge is 0.261 e. The van der Waals surface area contributed by atoms with Gasteiger partial charge in [-0.3, -0.25) is 9.36 Å². The van der Waals surface area contributed by atoms with Gasteiger partial charge in [-0.05, 0) is 39.2 Å². The van der Waals surface area contributed by atoms with E-state index in [-0.39, 0.29) is 5.56 Å². The van der Waals surface area contributed by atoms with Crippen LogP contribution in [0, 0.1) is 0 Å². The molecule has 2 rings (SSSR count). The Labute approximate surface area is 117 Å². The van der Waals surface area contributed by atoms with E-state index in [4.69, 9.17) is 0 Å². The first-order chi connectivity index (χ1) is 9.09. The standard InChI is InChI=1S/C14H19N3OS/c1-16(2)9-6-10-19-14-15-12-8-5-4-7-11(12)13(18)17(14)3/h4-5,7-8H,6,9-10H2,1-3H3. The lowest BCUT2D eigenvalue weighted by molar-refractivity contribution is 0.410. The average Bonchev–Trinajstić information content (AvgIpc) is 2.40. The topological polar surface area (TPSA) is 38.1 Å². The number of nitrogens with zero attached hydrogens (tertiary/aromatic N) is 3. The van der Waals surface area contributed by atoms with Gasteiger partial charge in [0.05, 0.1) is 10.9 Å². The van der Waals surface area contributed by atoms with Crippen molar-refractivity contribution in [3.8, 4) is 0 Å². The van der Waals surface area contributed by atoms with E-state index >= 15 is 0 Å². The molecule has 2 aromatic rings. The number of fused-ring (bicyclic) bond motifs is 1. The fourth-order valence-corrected chi connectivity index (χ4v) is 2.77. The van der Waals surface area contributed by atoms with E-state index in [1.807, 2.05) is 24.3 Å². The predicted octanol–water partition coefficient (Wildman–Crippen LogP) is 1.98. The lowest BCUT2D eigenvalue weighted by Gasteiger charge is -2.10. The number of para-hydroxylation sites is 1. The summed E-state index contributed by atoms with van der Waals surface area (Å²) >= 11 is 1.64. The zero-order valence-electron chi connectivity index (χ0n) is 11.6. The van der Waals surface area contributed by atoms with Crippen LogP contribution in [0.1, 0.15) is 6.42 Å². The molecule has 0 atom stereocenters. The minimum Gasteiger partial charge on any atom is -0.309 e. The molecular formula is C14H19N3OS. The van der Waals surface area contributed by atoms with Gasteiger partial charge in [-0.1, -0.05) is 23.9 Å². The number of thioether (sulfide) groups is 1. The molecule has 4 nitrogen and oxygen atoms in total. The number of aromatic nitrogens is 2. The molecular weight excluding hydrogens is 258 g/mol. The molecule has 0 saturated heterocycles. The highest BCUT2D eigenvalue weighted by atomic mass is 32.2. The summed E-state index contributed by atoms with van der Waals surface area (Å²) in [7, 11) is 5.92. The van der Waals surface area contributed by atoms with Crippen LogP contribution in [-0.4, -0.2) is 40.8 Å². The van der Waals surface area contributed by atoms with E-state index < -0.39 is 0 Å². The van der Waals surface area contributed by atoms with Crippen LogP contribution in [0.15, 0.2) is 34.2 Å². The first-order valence-electron chi connectivity index (χ1n) is 6.33. The quantitative estimate of drug-likeness (QED) is 0.476. The summed E-state index contributed by atoms with van der Waals surface area (Å²) in [5.41, 5.74) is 0.807. The SMILES string of the molecule is CN(C)CCCSc1nc2ccccc2c(=O)n1C. The molecule has 0 radical (unpaired) electrons. The summed E-state index contributed by atoms with van der Waals surface area (Å²) in [5, 5.41) is 1.48. The van der Waals surface area contributed by atoms with Crippen LogP contribution in [0.4, 0.5) is 0 Å². The van der Waals surface area contributed by atoms with E-state index in [9.17, 15) is 4.79 Å². The van der Waals surface area contributed by atoms with Crippen molar-refractivity contribution in [2.75, 3.05) is 26.4 Å². The molecule has 0 amide bonds. The molecule has 0 aliphatic heterocycles. The fraction of sp³-hybridized carbons (Fsp3) is 0.429. The first-order valence-corrected chi connectivity index (χ1v) is 7.31. The number of rotatable bonds is 5. The largest absolute Gasteiger partial charge is 0.309 e. The monoisotopic (exact) mass is 277 g/mol. The predicted molar refractivity (Wildman–Crippen MR) is 80.9 cm³/mol. The second kappa shape index (κ2) is 6.21. The van der Waals surface area contributed by atoms with Gasteiger partial charge in [0.1, 0.15) is 0 Å². The van der Waals surface area contributed by atoms with Crippen LogP contribution >= 0.6 is 11.8 Å². The van der Waals surface area contributed by atoms with E-state index in [1.54, 1.807) is 23.4 Å². The van der Waals surface area contributed by atoms with Gasteiger partial charge in [0.25, 0.3) is 5.56 Å². The van der Waals surface area contributed by atoms with Gasteiger partial charge in [-0.15, -0.1) is 0 Å². The Kier molecular flexibility index (Phi) is 4.61. The van der Waals surface area contributed by atoms with Crippen molar-refractivity contribution < 1.29 is 0 Å². The van der Waals surface area contributed by atoms with E-state index in [1.165, 1.54) is 0 Å². The van der Waals surface area contributed by atoms with Crippen LogP contribution < -0.4 is 5.56 Å². The van der Waals surface area contributed by atoms with Crippen molar-refractivity contribution in [3.05, 3.63) is 34.6 Å². The highest BCUT2D eigenvalue weighted by Gasteiger charge is 2.07. The molecule has 19 heavy (non-hydrogen) atoms. The summed E-state index contributed by atoms with van der Waals surface area (Å²) in [6.07, 6.45) is 1.08. The summed E-state index contributed by atoms with van der Waals surface area (Å²) < 4.78 is 1.64. The molecule has 0 aliphatic rings. The third-order valence-corrected chi connectivity index (χ3v) is 4.04. The normalized spacial score (nSPS) is 11.4. The third-order valence-electron chi connectivity index (χ3n) is 2.92. The number of hydrogen-bond donors (Lipinski definition) is 0. The first kappa shape index (κ1) is 14.1. The maximum Gasteiger partial charge on any atom is 0.261 e. The Balaban J connectivity index is 2.19. The Morgan fingerprint density at radius 3 is 2.79 bits per heavy atom. The third kappa shape index (κ3) is 3.36. The molecule has 0 unspecified atom stereocenters. The fourth-order valence-electron chi connectivity index (χ4n) is 1.87. The summed E-state index contributed by atoms with van der Waals surface area (Å²) in [6.45, 7) is 1.05. The average molecular weight is 277 g/mol. The highest BCUT2D eigenvalue weighted by molar-refractivity contribution is 7.99. The lowest BCUT2D eigenvalue weighted by atomic mass is 10.2. The molecule has 1 aromatic heterocycles. The van der Waals surface area contributed by atoms with Gasteiger partial charge in [-0.2, -0.15) is 0 Å². The van der Waals surface area contributed by atoms with Crippen molar-refractivity contribution >= 4 is 22.7 Å². The van der Waals surface area contributed by atoms with Crippen LogP contribution in [-0.2, 0) is 7.05 Å². The minimum atomic E-state index is 0.0284.